The summed E-state index contributed by atoms with van der Waals surface area (Å²) in [6.45, 7) is 0. The molecule has 164 valence electrons. The molecule has 6 heteroatoms. The number of carbonyl (C=O) groups is 1. The van der Waals surface area contributed by atoms with Crippen molar-refractivity contribution >= 4 is 65.6 Å². The largest absolute Gasteiger partial charge is 0.767 e. The average molecular weight is 506 g/mol. The number of benzene rings is 4. The van der Waals surface area contributed by atoms with Crippen molar-refractivity contribution in [3.8, 4) is 0 Å². The van der Waals surface area contributed by atoms with Gasteiger partial charge in [-0.15, -0.1) is 11.8 Å². The van der Waals surface area contributed by atoms with Crippen LogP contribution in [0.15, 0.2) is 130 Å². The number of carbonyl (C=O) groups excluding carboxylic acids is 1. The van der Waals surface area contributed by atoms with Crippen molar-refractivity contribution in [3.05, 3.63) is 130 Å². The smallest absolute Gasteiger partial charge is 0.213 e. The first-order valence-electron chi connectivity index (χ1n) is 10.3. The van der Waals surface area contributed by atoms with E-state index in [4.69, 9.17) is 24.2 Å². The Labute approximate surface area is 209 Å². The zero-order chi connectivity index (χ0) is 23.1. The van der Waals surface area contributed by atoms with E-state index in [1.165, 1.54) is 11.8 Å². The summed E-state index contributed by atoms with van der Waals surface area (Å²) in [6.07, 6.45) is 0.730. The summed E-state index contributed by atoms with van der Waals surface area (Å²) < 4.78 is 0.620. The lowest BCUT2D eigenvalue weighted by Crippen LogP contribution is -2.36. The van der Waals surface area contributed by atoms with Crippen molar-refractivity contribution in [2.24, 2.45) is 0 Å². The number of hydrogen-bond acceptors (Lipinski definition) is 3. The van der Waals surface area contributed by atoms with E-state index in [1.54, 1.807) is 0 Å². The molecule has 1 amide bonds. The molecule has 0 saturated carbocycles. The average Bonchev–Trinajstić information content (AvgIpc) is 2.87. The lowest BCUT2D eigenvalue weighted by atomic mass is 10.4. The summed E-state index contributed by atoms with van der Waals surface area (Å²) in [5, 5.41) is 7.06. The van der Waals surface area contributed by atoms with E-state index in [-0.39, 0.29) is 0 Å². The Bertz CT molecular complexity index is 1140. The van der Waals surface area contributed by atoms with Crippen molar-refractivity contribution in [2.45, 2.75) is 4.90 Å². The molecule has 4 aromatic rings. The maximum Gasteiger partial charge on any atom is 0.213 e. The second-order valence-electron chi connectivity index (χ2n) is 7.13. The summed E-state index contributed by atoms with van der Waals surface area (Å²) in [4.78, 5) is 12.9. The first-order valence-corrected chi connectivity index (χ1v) is 13.7. The van der Waals surface area contributed by atoms with E-state index in [0.717, 1.165) is 32.7 Å². The quantitative estimate of drug-likeness (QED) is 0.141. The predicted molar refractivity (Wildman–Crippen MR) is 146 cm³/mol. The first-order chi connectivity index (χ1) is 16.2. The van der Waals surface area contributed by atoms with E-state index in [1.807, 2.05) is 78.9 Å². The number of hydrogen-bond donors (Lipinski definition) is 1. The Kier molecular flexibility index (Phi) is 7.85. The molecule has 1 N–H and O–H groups in total. The van der Waals surface area contributed by atoms with Crippen LogP contribution in [0.4, 0.5) is 0 Å². The van der Waals surface area contributed by atoms with E-state index >= 15 is 0 Å². The molecule has 0 aliphatic rings. The van der Waals surface area contributed by atoms with Crippen LogP contribution in [0.1, 0.15) is 0 Å². The van der Waals surface area contributed by atoms with Gasteiger partial charge in [-0.2, -0.15) is 0 Å². The molecule has 4 rings (SSSR count). The van der Waals surface area contributed by atoms with Gasteiger partial charge in [0.15, 0.2) is 12.7 Å². The van der Waals surface area contributed by atoms with E-state index in [0.29, 0.717) is 9.26 Å². The summed E-state index contributed by atoms with van der Waals surface area (Å²) >= 11 is 13.5. The normalized spacial score (nSPS) is 12.0. The van der Waals surface area contributed by atoms with Crippen molar-refractivity contribution in [2.75, 3.05) is 0 Å². The van der Waals surface area contributed by atoms with Gasteiger partial charge in [0.1, 0.15) is 15.9 Å². The molecule has 2 nitrogen and oxygen atoms in total. The molecule has 0 aliphatic carbocycles. The number of amides is 1. The zero-order valence-corrected chi connectivity index (χ0v) is 20.9. The molecule has 0 heterocycles. The third-order valence-electron chi connectivity index (χ3n) is 5.18. The summed E-state index contributed by atoms with van der Waals surface area (Å²) in [7, 11) is -2.50. The minimum absolute atomic E-state index is 0.620. The van der Waals surface area contributed by atoms with Gasteiger partial charge >= 0.3 is 0 Å². The molecule has 0 atom stereocenters. The van der Waals surface area contributed by atoms with Crippen molar-refractivity contribution in [1.82, 2.24) is 5.32 Å². The number of rotatable bonds is 8. The van der Waals surface area contributed by atoms with Gasteiger partial charge in [-0.1, -0.05) is 70.4 Å². The fourth-order valence-corrected chi connectivity index (χ4v) is 9.92. The van der Waals surface area contributed by atoms with Gasteiger partial charge in [0, 0.05) is 9.92 Å². The highest BCUT2D eigenvalue weighted by Gasteiger charge is 2.50. The molecule has 0 unspecified atom stereocenters. The van der Waals surface area contributed by atoms with E-state index in [2.05, 4.69) is 41.7 Å². The molecule has 0 radical (unpaired) electrons. The van der Waals surface area contributed by atoms with Crippen LogP contribution < -0.4 is 21.2 Å². The molecule has 4 aromatic carbocycles. The number of nitrogens with one attached hydrogen (secondary N) is 1. The van der Waals surface area contributed by atoms with Crippen LogP contribution in [0, 0.1) is 0 Å². The van der Waals surface area contributed by atoms with Crippen LogP contribution in [0.3, 0.4) is 0 Å². The second-order valence-corrected chi connectivity index (χ2v) is 12.7. The third-order valence-corrected chi connectivity index (χ3v) is 11.3. The molecular weight excluding hydrogens is 485 g/mol. The van der Waals surface area contributed by atoms with Crippen LogP contribution in [0.2, 0.25) is 5.02 Å². The highest BCUT2D eigenvalue weighted by atomic mass is 35.5. The highest BCUT2D eigenvalue weighted by molar-refractivity contribution is 8.12. The molecule has 0 bridgehead atoms. The zero-order valence-electron chi connectivity index (χ0n) is 17.6. The number of halogens is 1. The number of thioether (sulfide) groups is 1. The van der Waals surface area contributed by atoms with Crippen LogP contribution >= 0.6 is 30.6 Å². The summed E-state index contributed by atoms with van der Waals surface area (Å²) in [5.74, 6) is 0. The lowest BCUT2D eigenvalue weighted by molar-refractivity contribution is -0.108. The minimum atomic E-state index is -2.50. The van der Waals surface area contributed by atoms with Gasteiger partial charge in [0.2, 0.25) is 6.41 Å². The van der Waals surface area contributed by atoms with Gasteiger partial charge in [0.05, 0.1) is 0 Å². The minimum Gasteiger partial charge on any atom is -0.767 e. The van der Waals surface area contributed by atoms with Gasteiger partial charge < -0.3 is 12.6 Å². The van der Waals surface area contributed by atoms with Crippen LogP contribution in [-0.4, -0.2) is 6.41 Å². The SMILES string of the molecule is O=CN/C(=C(\[S-])Sc1ccc(Cl)cc1)[P+](c1ccccc1)(c1ccccc1)c1ccccc1. The van der Waals surface area contributed by atoms with Gasteiger partial charge in [-0.3, -0.25) is 10.1 Å². The lowest BCUT2D eigenvalue weighted by Gasteiger charge is -2.32. The van der Waals surface area contributed by atoms with Gasteiger partial charge in [0.25, 0.3) is 0 Å². The molecular formula is C27H21ClNOPS2. The second kappa shape index (κ2) is 11.0. The van der Waals surface area contributed by atoms with Crippen molar-refractivity contribution < 1.29 is 4.79 Å². The topological polar surface area (TPSA) is 29.1 Å². The molecule has 0 fully saturated rings. The van der Waals surface area contributed by atoms with Crippen molar-refractivity contribution in [1.29, 1.82) is 0 Å². The summed E-state index contributed by atoms with van der Waals surface area (Å²) in [6, 6.07) is 38.5. The molecule has 0 aromatic heterocycles. The Balaban J connectivity index is 2.05. The molecule has 33 heavy (non-hydrogen) atoms. The fourth-order valence-electron chi connectivity index (χ4n) is 3.80. The predicted octanol–water partition coefficient (Wildman–Crippen LogP) is 5.85. The summed E-state index contributed by atoms with van der Waals surface area (Å²) in [5.41, 5.74) is 0.746. The Morgan fingerprint density at radius 1 is 0.727 bits per heavy atom. The molecule has 0 spiro atoms. The Morgan fingerprint density at radius 2 is 1.15 bits per heavy atom. The van der Waals surface area contributed by atoms with Crippen LogP contribution in [0.25, 0.3) is 0 Å². The van der Waals surface area contributed by atoms with E-state index < -0.39 is 7.26 Å². The highest BCUT2D eigenvalue weighted by Crippen LogP contribution is 2.63. The van der Waals surface area contributed by atoms with Crippen LogP contribution in [0.5, 0.6) is 0 Å². The third kappa shape index (κ3) is 5.00. The van der Waals surface area contributed by atoms with Crippen molar-refractivity contribution in [3.63, 3.8) is 0 Å². The molecule has 0 aliphatic heterocycles. The Morgan fingerprint density at radius 3 is 1.55 bits per heavy atom. The fraction of sp³-hybridized carbons (Fsp3) is 0. The Hall–Kier alpha value is -2.62. The maximum atomic E-state index is 12.0. The first kappa shape index (κ1) is 23.5. The van der Waals surface area contributed by atoms with E-state index in [9.17, 15) is 4.79 Å². The molecule has 0 saturated heterocycles. The van der Waals surface area contributed by atoms with Gasteiger partial charge in [-0.25, -0.2) is 0 Å². The van der Waals surface area contributed by atoms with Crippen LogP contribution in [-0.2, 0) is 17.4 Å². The monoisotopic (exact) mass is 505 g/mol. The maximum absolute atomic E-state index is 12.0. The standard InChI is InChI=1S/C27H21ClNOPS2/c28-21-16-18-25(19-17-21)33-27(32)26(29-20-30)31(22-10-4-1-5-11-22,23-12-6-2-7-13-23)24-14-8-3-9-15-24/h1-20H,(H-,29,30,32)/b27-26-. The van der Waals surface area contributed by atoms with Gasteiger partial charge in [-0.05, 0) is 60.7 Å².